The van der Waals surface area contributed by atoms with E-state index in [1.807, 2.05) is 30.3 Å². The van der Waals surface area contributed by atoms with Gasteiger partial charge in [0.05, 0.1) is 16.6 Å². The minimum atomic E-state index is -0.313. The molecule has 0 saturated heterocycles. The lowest BCUT2D eigenvalue weighted by Crippen LogP contribution is -2.20. The number of carbonyl (C=O) groups is 2. The quantitative estimate of drug-likeness (QED) is 0.517. The molecule has 2 heterocycles. The van der Waals surface area contributed by atoms with Gasteiger partial charge in [-0.05, 0) is 42.0 Å². The zero-order valence-electron chi connectivity index (χ0n) is 16.4. The van der Waals surface area contributed by atoms with E-state index in [4.69, 9.17) is 0 Å². The maximum Gasteiger partial charge on any atom is 0.259 e. The Morgan fingerprint density at radius 1 is 0.900 bits per heavy atom. The minimum absolute atomic E-state index is 0.0939. The number of amides is 2. The van der Waals surface area contributed by atoms with Crippen molar-refractivity contribution >= 4 is 33.6 Å². The van der Waals surface area contributed by atoms with Gasteiger partial charge in [0, 0.05) is 35.0 Å². The number of hydrogen-bond donors (Lipinski definition) is 2. The molecular formula is C25H20N2O3. The summed E-state index contributed by atoms with van der Waals surface area (Å²) in [5, 5.41) is 13.9. The Bertz CT molecular complexity index is 1400. The van der Waals surface area contributed by atoms with E-state index in [1.165, 1.54) is 5.56 Å². The van der Waals surface area contributed by atoms with Gasteiger partial charge in [0.25, 0.3) is 11.8 Å². The van der Waals surface area contributed by atoms with Crippen molar-refractivity contribution in [2.45, 2.75) is 25.8 Å². The van der Waals surface area contributed by atoms with E-state index in [9.17, 15) is 14.7 Å². The maximum atomic E-state index is 12.9. The summed E-state index contributed by atoms with van der Waals surface area (Å²) in [7, 11) is 0. The minimum Gasteiger partial charge on any atom is -0.396 e. The summed E-state index contributed by atoms with van der Waals surface area (Å²) in [6.07, 6.45) is 2.19. The molecule has 0 atom stereocenters. The Balaban J connectivity index is 1.89. The highest BCUT2D eigenvalue weighted by Crippen LogP contribution is 2.47. The van der Waals surface area contributed by atoms with Crippen molar-refractivity contribution in [1.82, 2.24) is 9.88 Å². The number of rotatable bonds is 3. The first-order valence-electron chi connectivity index (χ1n) is 10.3. The average molecular weight is 396 g/mol. The second kappa shape index (κ2) is 6.28. The van der Waals surface area contributed by atoms with Crippen LogP contribution in [0.4, 0.5) is 0 Å². The van der Waals surface area contributed by atoms with Gasteiger partial charge in [0.15, 0.2) is 0 Å². The zero-order valence-corrected chi connectivity index (χ0v) is 16.4. The van der Waals surface area contributed by atoms with Crippen LogP contribution in [0, 0.1) is 0 Å². The van der Waals surface area contributed by atoms with Crippen molar-refractivity contribution in [3.63, 3.8) is 0 Å². The van der Waals surface area contributed by atoms with Crippen molar-refractivity contribution in [1.29, 1.82) is 0 Å². The van der Waals surface area contributed by atoms with Crippen LogP contribution in [0.5, 0.6) is 0 Å². The Hall–Kier alpha value is -3.44. The second-order valence-electron chi connectivity index (χ2n) is 8.01. The van der Waals surface area contributed by atoms with E-state index in [0.717, 1.165) is 51.3 Å². The number of nitrogens with zero attached hydrogens (tertiary/aromatic N) is 1. The number of imide groups is 1. The number of hydrogen-bond acceptors (Lipinski definition) is 3. The molecule has 3 aromatic carbocycles. The molecule has 0 unspecified atom stereocenters. The number of carbonyl (C=O) groups excluding carboxylic acids is 2. The summed E-state index contributed by atoms with van der Waals surface area (Å²) in [4.78, 5) is 25.8. The SMILES string of the molecule is O=C1NC(=O)c2c1c1c(c3c2c2ccccc2n3CCCO)-c2ccccc2CC1. The van der Waals surface area contributed by atoms with Gasteiger partial charge >= 0.3 is 0 Å². The molecule has 1 aliphatic heterocycles. The topological polar surface area (TPSA) is 71.3 Å². The molecule has 5 nitrogen and oxygen atoms in total. The Labute approximate surface area is 172 Å². The molecule has 5 heteroatoms. The van der Waals surface area contributed by atoms with Crippen molar-refractivity contribution in [2.24, 2.45) is 0 Å². The van der Waals surface area contributed by atoms with Crippen LogP contribution in [0.2, 0.25) is 0 Å². The third kappa shape index (κ3) is 2.15. The van der Waals surface area contributed by atoms with E-state index in [-0.39, 0.29) is 18.4 Å². The molecule has 0 saturated carbocycles. The fourth-order valence-electron chi connectivity index (χ4n) is 5.31. The highest BCUT2D eigenvalue weighted by Gasteiger charge is 2.37. The first kappa shape index (κ1) is 17.4. The van der Waals surface area contributed by atoms with Gasteiger partial charge in [-0.3, -0.25) is 14.9 Å². The van der Waals surface area contributed by atoms with Gasteiger partial charge < -0.3 is 9.67 Å². The van der Waals surface area contributed by atoms with Gasteiger partial charge in [-0.15, -0.1) is 0 Å². The van der Waals surface area contributed by atoms with E-state index in [1.54, 1.807) is 0 Å². The summed E-state index contributed by atoms with van der Waals surface area (Å²) in [6.45, 7) is 0.736. The molecule has 2 amide bonds. The maximum absolute atomic E-state index is 12.9. The first-order chi connectivity index (χ1) is 14.7. The Morgan fingerprint density at radius 3 is 2.53 bits per heavy atom. The molecule has 0 radical (unpaired) electrons. The molecule has 1 aromatic heterocycles. The molecule has 148 valence electrons. The van der Waals surface area contributed by atoms with Crippen LogP contribution in [0.25, 0.3) is 32.9 Å². The lowest BCUT2D eigenvalue weighted by molar-refractivity contribution is 0.0880. The molecule has 0 spiro atoms. The molecule has 2 aliphatic rings. The lowest BCUT2D eigenvalue weighted by Gasteiger charge is -2.24. The Morgan fingerprint density at radius 2 is 1.67 bits per heavy atom. The number of para-hydroxylation sites is 1. The summed E-state index contributed by atoms with van der Waals surface area (Å²) in [5.74, 6) is -0.605. The number of fused-ring (bicyclic) bond motifs is 10. The third-order valence-electron chi connectivity index (χ3n) is 6.46. The number of aliphatic hydroxyl groups is 1. The molecular weight excluding hydrogens is 376 g/mol. The van der Waals surface area contributed by atoms with Crippen molar-refractivity contribution in [3.8, 4) is 11.1 Å². The van der Waals surface area contributed by atoms with Crippen LogP contribution in [-0.2, 0) is 19.4 Å². The first-order valence-corrected chi connectivity index (χ1v) is 10.3. The molecule has 0 bridgehead atoms. The largest absolute Gasteiger partial charge is 0.396 e. The Kier molecular flexibility index (Phi) is 3.65. The zero-order chi connectivity index (χ0) is 20.4. The number of nitrogens with one attached hydrogen (secondary N) is 1. The number of aromatic nitrogens is 1. The molecule has 1 aliphatic carbocycles. The van der Waals surface area contributed by atoms with Gasteiger partial charge in [-0.2, -0.15) is 0 Å². The van der Waals surface area contributed by atoms with Crippen LogP contribution in [0.15, 0.2) is 48.5 Å². The van der Waals surface area contributed by atoms with Gasteiger partial charge in [-0.25, -0.2) is 0 Å². The highest BCUT2D eigenvalue weighted by atomic mass is 16.3. The monoisotopic (exact) mass is 396 g/mol. The van der Waals surface area contributed by atoms with Crippen molar-refractivity contribution < 1.29 is 14.7 Å². The molecule has 4 aromatic rings. The summed E-state index contributed by atoms with van der Waals surface area (Å²) in [5.41, 5.74) is 7.48. The van der Waals surface area contributed by atoms with E-state index >= 15 is 0 Å². The summed E-state index contributed by atoms with van der Waals surface area (Å²) < 4.78 is 2.22. The van der Waals surface area contributed by atoms with Crippen LogP contribution in [0.1, 0.15) is 38.3 Å². The van der Waals surface area contributed by atoms with Crippen LogP contribution >= 0.6 is 0 Å². The van der Waals surface area contributed by atoms with Gasteiger partial charge in [-0.1, -0.05) is 42.5 Å². The number of benzene rings is 3. The second-order valence-corrected chi connectivity index (χ2v) is 8.01. The summed E-state index contributed by atoms with van der Waals surface area (Å²) >= 11 is 0. The number of aliphatic hydroxyl groups excluding tert-OH is 1. The fourth-order valence-corrected chi connectivity index (χ4v) is 5.31. The molecule has 6 rings (SSSR count). The van der Waals surface area contributed by atoms with E-state index in [2.05, 4.69) is 28.1 Å². The molecule has 0 fully saturated rings. The normalized spacial score (nSPS) is 14.7. The lowest BCUT2D eigenvalue weighted by atomic mass is 9.80. The standard InChI is InChI=1S/C25H20N2O3/c28-13-5-12-27-18-9-4-3-8-16(18)20-22-21(24(29)26-25(22)30)17-11-10-14-6-1-2-7-15(14)19(17)23(20)27/h1-4,6-9,28H,5,10-13H2,(H,26,29,30). The van der Waals surface area contributed by atoms with E-state index < -0.39 is 0 Å². The van der Waals surface area contributed by atoms with Gasteiger partial charge in [0.2, 0.25) is 0 Å². The summed E-state index contributed by atoms with van der Waals surface area (Å²) in [6, 6.07) is 16.4. The third-order valence-corrected chi connectivity index (χ3v) is 6.46. The predicted molar refractivity (Wildman–Crippen MR) is 116 cm³/mol. The van der Waals surface area contributed by atoms with Crippen LogP contribution in [-0.4, -0.2) is 28.1 Å². The number of aryl methyl sites for hydroxylation is 2. The predicted octanol–water partition coefficient (Wildman–Crippen LogP) is 3.83. The van der Waals surface area contributed by atoms with Crippen molar-refractivity contribution in [3.05, 3.63) is 70.8 Å². The highest BCUT2D eigenvalue weighted by molar-refractivity contribution is 6.33. The van der Waals surface area contributed by atoms with Crippen LogP contribution in [0.3, 0.4) is 0 Å². The average Bonchev–Trinajstić information content (AvgIpc) is 3.25. The molecule has 30 heavy (non-hydrogen) atoms. The molecule has 2 N–H and O–H groups in total. The van der Waals surface area contributed by atoms with Crippen LogP contribution < -0.4 is 5.32 Å². The smallest absolute Gasteiger partial charge is 0.259 e. The fraction of sp³-hybridized carbons (Fsp3) is 0.200. The van der Waals surface area contributed by atoms with Crippen molar-refractivity contribution in [2.75, 3.05) is 6.61 Å². The van der Waals surface area contributed by atoms with Gasteiger partial charge in [0.1, 0.15) is 0 Å². The van der Waals surface area contributed by atoms with E-state index in [0.29, 0.717) is 24.1 Å².